The van der Waals surface area contributed by atoms with E-state index in [1.165, 1.54) is 0 Å². The van der Waals surface area contributed by atoms with Crippen LogP contribution in [0, 0.1) is 0 Å². The van der Waals surface area contributed by atoms with Crippen molar-refractivity contribution < 1.29 is 14.6 Å². The fourth-order valence-electron chi connectivity index (χ4n) is 4.32. The van der Waals surface area contributed by atoms with Gasteiger partial charge in [-0.05, 0) is 49.2 Å². The van der Waals surface area contributed by atoms with Gasteiger partial charge < -0.3 is 19.5 Å². The van der Waals surface area contributed by atoms with Crippen LogP contribution in [0.1, 0.15) is 26.7 Å². The summed E-state index contributed by atoms with van der Waals surface area (Å²) < 4.78 is 13.4. The van der Waals surface area contributed by atoms with E-state index < -0.39 is 0 Å². The number of phenols is 1. The highest BCUT2D eigenvalue weighted by Crippen LogP contribution is 2.38. The normalized spacial score (nSPS) is 12.8. The number of ether oxygens (including phenoxy) is 2. The van der Waals surface area contributed by atoms with Gasteiger partial charge in [0, 0.05) is 37.1 Å². The molecule has 7 nitrogen and oxygen atoms in total. The standard InChI is InChI=1S/C26H28N4O3/c1-3-12-29(13-4-2)18-7-9-20(22(31)16-18)25-28-21-6-5-11-27-26(21)30(25)19-8-10-23-24(17-19)33-15-14-32-23/h5-11,16-17,31H,3-4,12-15H2,1-2H3. The van der Waals surface area contributed by atoms with E-state index in [1.54, 1.807) is 6.20 Å². The van der Waals surface area contributed by atoms with Crippen LogP contribution in [-0.2, 0) is 0 Å². The number of aromatic nitrogens is 3. The summed E-state index contributed by atoms with van der Waals surface area (Å²) in [6, 6.07) is 15.4. The van der Waals surface area contributed by atoms with Crippen molar-refractivity contribution >= 4 is 16.9 Å². The minimum absolute atomic E-state index is 0.193. The number of hydrogen-bond acceptors (Lipinski definition) is 6. The van der Waals surface area contributed by atoms with Gasteiger partial charge in [-0.2, -0.15) is 0 Å². The van der Waals surface area contributed by atoms with E-state index in [4.69, 9.17) is 14.5 Å². The molecule has 5 rings (SSSR count). The van der Waals surface area contributed by atoms with Crippen molar-refractivity contribution in [1.29, 1.82) is 0 Å². The summed E-state index contributed by atoms with van der Waals surface area (Å²) in [5.74, 6) is 2.24. The Hall–Kier alpha value is -3.74. The van der Waals surface area contributed by atoms with Crippen molar-refractivity contribution in [3.8, 4) is 34.3 Å². The predicted octanol–water partition coefficient (Wildman–Crippen LogP) is 5.19. The van der Waals surface area contributed by atoms with Crippen molar-refractivity contribution in [1.82, 2.24) is 14.5 Å². The molecule has 1 aliphatic rings. The van der Waals surface area contributed by atoms with Gasteiger partial charge in [0.2, 0.25) is 0 Å². The topological polar surface area (TPSA) is 72.6 Å². The molecule has 170 valence electrons. The second-order valence-electron chi connectivity index (χ2n) is 8.13. The number of rotatable bonds is 7. The molecule has 3 heterocycles. The average molecular weight is 445 g/mol. The van der Waals surface area contributed by atoms with Gasteiger partial charge in [-0.25, -0.2) is 9.97 Å². The minimum Gasteiger partial charge on any atom is -0.507 e. The quantitative estimate of drug-likeness (QED) is 0.423. The number of anilines is 1. The number of nitrogens with zero attached hydrogens (tertiary/aromatic N) is 4. The maximum Gasteiger partial charge on any atom is 0.164 e. The first-order valence-corrected chi connectivity index (χ1v) is 11.5. The van der Waals surface area contributed by atoms with Gasteiger partial charge in [-0.1, -0.05) is 13.8 Å². The molecule has 1 N–H and O–H groups in total. The molecule has 7 heteroatoms. The molecule has 0 bridgehead atoms. The molecule has 0 aliphatic carbocycles. The third-order valence-electron chi connectivity index (χ3n) is 5.77. The first-order chi connectivity index (χ1) is 16.2. The Morgan fingerprint density at radius 1 is 0.970 bits per heavy atom. The fraction of sp³-hybridized carbons (Fsp3) is 0.308. The highest BCUT2D eigenvalue weighted by atomic mass is 16.6. The van der Waals surface area contributed by atoms with E-state index in [0.717, 1.165) is 48.6 Å². The number of fused-ring (bicyclic) bond motifs is 2. The van der Waals surface area contributed by atoms with Crippen LogP contribution in [-0.4, -0.2) is 45.9 Å². The molecular formula is C26H28N4O3. The van der Waals surface area contributed by atoms with Gasteiger partial charge in [-0.15, -0.1) is 0 Å². The first-order valence-electron chi connectivity index (χ1n) is 11.5. The molecule has 0 amide bonds. The van der Waals surface area contributed by atoms with Crippen LogP contribution in [0.3, 0.4) is 0 Å². The van der Waals surface area contributed by atoms with Gasteiger partial charge in [0.1, 0.15) is 24.5 Å². The summed E-state index contributed by atoms with van der Waals surface area (Å²) in [5.41, 5.74) is 3.98. The van der Waals surface area contributed by atoms with Crippen molar-refractivity contribution in [2.24, 2.45) is 0 Å². The molecule has 2 aromatic carbocycles. The zero-order valence-electron chi connectivity index (χ0n) is 19.0. The monoisotopic (exact) mass is 444 g/mol. The number of phenolic OH excluding ortho intramolecular Hbond substituents is 1. The van der Waals surface area contributed by atoms with Gasteiger partial charge >= 0.3 is 0 Å². The Bertz CT molecular complexity index is 1280. The molecule has 0 saturated carbocycles. The van der Waals surface area contributed by atoms with E-state index in [-0.39, 0.29) is 5.75 Å². The van der Waals surface area contributed by atoms with E-state index in [2.05, 4.69) is 29.8 Å². The average Bonchev–Trinajstić information content (AvgIpc) is 3.23. The van der Waals surface area contributed by atoms with E-state index in [9.17, 15) is 5.11 Å². The van der Waals surface area contributed by atoms with Crippen LogP contribution >= 0.6 is 0 Å². The zero-order valence-corrected chi connectivity index (χ0v) is 19.0. The van der Waals surface area contributed by atoms with Crippen molar-refractivity contribution in [2.45, 2.75) is 26.7 Å². The second kappa shape index (κ2) is 9.02. The summed E-state index contributed by atoms with van der Waals surface area (Å²) in [6.07, 6.45) is 3.85. The Kier molecular flexibility index (Phi) is 5.77. The van der Waals surface area contributed by atoms with Crippen LogP contribution in [0.25, 0.3) is 28.2 Å². The number of hydrogen-bond donors (Lipinski definition) is 1. The van der Waals surface area contributed by atoms with Crippen LogP contribution in [0.5, 0.6) is 17.2 Å². The first kappa shape index (κ1) is 21.1. The third kappa shape index (κ3) is 3.95. The van der Waals surface area contributed by atoms with Gasteiger partial charge in [-0.3, -0.25) is 4.57 Å². The molecule has 0 spiro atoms. The highest BCUT2D eigenvalue weighted by Gasteiger charge is 2.21. The Morgan fingerprint density at radius 3 is 2.52 bits per heavy atom. The van der Waals surface area contributed by atoms with Crippen LogP contribution in [0.15, 0.2) is 54.7 Å². The smallest absolute Gasteiger partial charge is 0.164 e. The lowest BCUT2D eigenvalue weighted by Crippen LogP contribution is -2.24. The number of benzene rings is 2. The molecule has 0 radical (unpaired) electrons. The fourth-order valence-corrected chi connectivity index (χ4v) is 4.32. The number of aromatic hydroxyl groups is 1. The third-order valence-corrected chi connectivity index (χ3v) is 5.77. The number of imidazole rings is 1. The van der Waals surface area contributed by atoms with Crippen LogP contribution in [0.4, 0.5) is 5.69 Å². The number of pyridine rings is 1. The molecule has 0 unspecified atom stereocenters. The largest absolute Gasteiger partial charge is 0.507 e. The van der Waals surface area contributed by atoms with Gasteiger partial charge in [0.05, 0.1) is 11.3 Å². The molecule has 0 fully saturated rings. The lowest BCUT2D eigenvalue weighted by Gasteiger charge is -2.24. The molecule has 0 saturated heterocycles. The minimum atomic E-state index is 0.193. The van der Waals surface area contributed by atoms with Gasteiger partial charge in [0.15, 0.2) is 23.0 Å². The van der Waals surface area contributed by atoms with Crippen molar-refractivity contribution in [3.05, 3.63) is 54.7 Å². The summed E-state index contributed by atoms with van der Waals surface area (Å²) in [4.78, 5) is 11.7. The maximum atomic E-state index is 11.1. The molecular weight excluding hydrogens is 416 g/mol. The van der Waals surface area contributed by atoms with E-state index in [0.29, 0.717) is 36.0 Å². The van der Waals surface area contributed by atoms with Crippen molar-refractivity contribution in [3.63, 3.8) is 0 Å². The molecule has 2 aromatic heterocycles. The van der Waals surface area contributed by atoms with Crippen molar-refractivity contribution in [2.75, 3.05) is 31.2 Å². The Labute approximate surface area is 193 Å². The SMILES string of the molecule is CCCN(CCC)c1ccc(-c2nc3cccnc3n2-c2ccc3c(c2)OCCO3)c(O)c1. The van der Waals surface area contributed by atoms with Crippen LogP contribution in [0.2, 0.25) is 0 Å². The predicted molar refractivity (Wildman–Crippen MR) is 130 cm³/mol. The molecule has 1 aliphatic heterocycles. The Balaban J connectivity index is 1.64. The maximum absolute atomic E-state index is 11.1. The van der Waals surface area contributed by atoms with E-state index in [1.807, 2.05) is 47.0 Å². The molecule has 33 heavy (non-hydrogen) atoms. The summed E-state index contributed by atoms with van der Waals surface area (Å²) in [7, 11) is 0. The van der Waals surface area contributed by atoms with E-state index >= 15 is 0 Å². The summed E-state index contributed by atoms with van der Waals surface area (Å²) >= 11 is 0. The Morgan fingerprint density at radius 2 is 1.76 bits per heavy atom. The van der Waals surface area contributed by atoms with Crippen LogP contribution < -0.4 is 14.4 Å². The molecule has 0 atom stereocenters. The highest BCUT2D eigenvalue weighted by molar-refractivity contribution is 5.82. The second-order valence-corrected chi connectivity index (χ2v) is 8.13. The zero-order chi connectivity index (χ0) is 22.8. The van der Waals surface area contributed by atoms with Gasteiger partial charge in [0.25, 0.3) is 0 Å². The lowest BCUT2D eigenvalue weighted by molar-refractivity contribution is 0.171. The lowest BCUT2D eigenvalue weighted by atomic mass is 10.1. The molecule has 4 aromatic rings. The summed E-state index contributed by atoms with van der Waals surface area (Å²) in [6.45, 7) is 7.29. The summed E-state index contributed by atoms with van der Waals surface area (Å²) in [5, 5.41) is 11.1.